The molecule has 0 aromatic rings. The number of nitrogens with zero attached hydrogens (tertiary/aromatic N) is 2. The summed E-state index contributed by atoms with van der Waals surface area (Å²) in [6, 6.07) is 0. The number of carboxylic acid groups (broad SMARTS) is 1. The zero-order chi connectivity index (χ0) is 14.7. The molecule has 0 saturated carbocycles. The molecule has 0 aliphatic carbocycles. The molecule has 1 aliphatic rings. The predicted molar refractivity (Wildman–Crippen MR) is 70.4 cm³/mol. The summed E-state index contributed by atoms with van der Waals surface area (Å²) in [4.78, 5) is 12.4. The molecule has 112 valence electrons. The van der Waals surface area contributed by atoms with Crippen LogP contribution < -0.4 is 0 Å². The molecule has 19 heavy (non-hydrogen) atoms. The number of hydrogen-bond acceptors (Lipinski definition) is 5. The van der Waals surface area contributed by atoms with Crippen LogP contribution in [0.5, 0.6) is 0 Å². The number of β-amino-alcohol motifs (C(OH)–C–C–N with tert-alkyl or cyclic N) is 1. The molecule has 7 nitrogen and oxygen atoms in total. The summed E-state index contributed by atoms with van der Waals surface area (Å²) in [5.74, 6) is -1.46. The van der Waals surface area contributed by atoms with Crippen molar-refractivity contribution in [3.8, 4) is 0 Å². The van der Waals surface area contributed by atoms with Crippen molar-refractivity contribution >= 4 is 16.0 Å². The monoisotopic (exact) mass is 294 g/mol. The largest absolute Gasteiger partial charge is 0.481 e. The van der Waals surface area contributed by atoms with Crippen molar-refractivity contribution in [3.63, 3.8) is 0 Å². The first-order valence-corrected chi connectivity index (χ1v) is 7.85. The van der Waals surface area contributed by atoms with E-state index in [1.165, 1.54) is 4.31 Å². The minimum Gasteiger partial charge on any atom is -0.481 e. The molecule has 8 heteroatoms. The van der Waals surface area contributed by atoms with Gasteiger partial charge in [0.15, 0.2) is 0 Å². The van der Waals surface area contributed by atoms with Gasteiger partial charge in [0, 0.05) is 32.7 Å². The van der Waals surface area contributed by atoms with Gasteiger partial charge in [0.25, 0.3) is 0 Å². The zero-order valence-electron chi connectivity index (χ0n) is 11.4. The Morgan fingerprint density at radius 2 is 1.74 bits per heavy atom. The molecule has 1 rings (SSSR count). The van der Waals surface area contributed by atoms with Gasteiger partial charge in [-0.05, 0) is 13.8 Å². The second-order valence-corrected chi connectivity index (χ2v) is 7.54. The summed E-state index contributed by atoms with van der Waals surface area (Å²) in [5.41, 5.74) is -0.801. The molecular formula is C11H22N2O5S. The summed E-state index contributed by atoms with van der Waals surface area (Å²) < 4.78 is 25.1. The van der Waals surface area contributed by atoms with E-state index in [0.717, 1.165) is 0 Å². The number of sulfonamides is 1. The summed E-state index contributed by atoms with van der Waals surface area (Å²) >= 11 is 0. The van der Waals surface area contributed by atoms with Gasteiger partial charge < -0.3 is 10.2 Å². The first kappa shape index (κ1) is 16.4. The number of rotatable bonds is 6. The normalized spacial score (nSPS) is 19.5. The third kappa shape index (κ3) is 5.85. The fourth-order valence-electron chi connectivity index (χ4n) is 2.06. The second kappa shape index (κ2) is 6.17. The molecule has 1 saturated heterocycles. The Morgan fingerprint density at radius 1 is 1.21 bits per heavy atom. The highest BCUT2D eigenvalue weighted by Crippen LogP contribution is 2.12. The number of hydrogen-bond donors (Lipinski definition) is 2. The van der Waals surface area contributed by atoms with E-state index in [1.54, 1.807) is 13.8 Å². The molecule has 0 unspecified atom stereocenters. The van der Waals surface area contributed by atoms with Crippen molar-refractivity contribution in [2.45, 2.75) is 25.9 Å². The van der Waals surface area contributed by atoms with Crippen LogP contribution in [-0.4, -0.2) is 77.9 Å². The predicted octanol–water partition coefficient (Wildman–Crippen LogP) is -0.821. The number of carbonyl (C=O) groups is 1. The Hall–Kier alpha value is -0.700. The van der Waals surface area contributed by atoms with Crippen molar-refractivity contribution in [2.75, 3.05) is 38.5 Å². The van der Waals surface area contributed by atoms with Crippen molar-refractivity contribution in [3.05, 3.63) is 0 Å². The van der Waals surface area contributed by atoms with Crippen LogP contribution in [0.15, 0.2) is 0 Å². The van der Waals surface area contributed by atoms with Crippen LogP contribution in [0.2, 0.25) is 0 Å². The van der Waals surface area contributed by atoms with E-state index < -0.39 is 21.6 Å². The third-order valence-corrected chi connectivity index (χ3v) is 4.78. The summed E-state index contributed by atoms with van der Waals surface area (Å²) in [7, 11) is -3.48. The van der Waals surface area contributed by atoms with Gasteiger partial charge in [0.2, 0.25) is 10.0 Å². The van der Waals surface area contributed by atoms with Crippen LogP contribution in [0.25, 0.3) is 0 Å². The molecule has 0 aromatic carbocycles. The number of aliphatic carboxylic acids is 1. The second-order valence-electron chi connectivity index (χ2n) is 5.45. The molecule has 1 aliphatic heterocycles. The SMILES string of the molecule is CC(C)(O)CN1CCN(S(=O)(=O)CCC(=O)O)CC1. The fourth-order valence-corrected chi connectivity index (χ4v) is 3.47. The maximum Gasteiger partial charge on any atom is 0.304 e. The number of aliphatic hydroxyl groups is 1. The summed E-state index contributed by atoms with van der Waals surface area (Å²) in [6.07, 6.45) is -0.369. The van der Waals surface area contributed by atoms with Crippen LogP contribution in [0, 0.1) is 0 Å². The highest BCUT2D eigenvalue weighted by Gasteiger charge is 2.29. The number of piperazine rings is 1. The van der Waals surface area contributed by atoms with Crippen molar-refractivity contribution in [1.29, 1.82) is 0 Å². The molecule has 0 bridgehead atoms. The lowest BCUT2D eigenvalue weighted by Gasteiger charge is -2.36. The van der Waals surface area contributed by atoms with Crippen LogP contribution in [0.1, 0.15) is 20.3 Å². The molecule has 0 atom stereocenters. The zero-order valence-corrected chi connectivity index (χ0v) is 12.2. The lowest BCUT2D eigenvalue weighted by atomic mass is 10.1. The Kier molecular flexibility index (Phi) is 5.31. The van der Waals surface area contributed by atoms with Gasteiger partial charge in [-0.3, -0.25) is 9.69 Å². The average Bonchev–Trinajstić information content (AvgIpc) is 2.25. The van der Waals surface area contributed by atoms with Crippen molar-refractivity contribution in [2.24, 2.45) is 0 Å². The molecular weight excluding hydrogens is 272 g/mol. The Labute approximate surface area is 113 Å². The van der Waals surface area contributed by atoms with E-state index in [4.69, 9.17) is 5.11 Å². The van der Waals surface area contributed by atoms with Gasteiger partial charge >= 0.3 is 5.97 Å². The molecule has 1 fully saturated rings. The Bertz CT molecular complexity index is 407. The van der Waals surface area contributed by atoms with E-state index >= 15 is 0 Å². The van der Waals surface area contributed by atoms with Crippen LogP contribution >= 0.6 is 0 Å². The van der Waals surface area contributed by atoms with Gasteiger partial charge in [0.05, 0.1) is 17.8 Å². The summed E-state index contributed by atoms with van der Waals surface area (Å²) in [6.45, 7) is 5.71. The van der Waals surface area contributed by atoms with E-state index in [0.29, 0.717) is 32.7 Å². The Morgan fingerprint density at radius 3 is 2.16 bits per heavy atom. The molecule has 0 radical (unpaired) electrons. The van der Waals surface area contributed by atoms with Crippen LogP contribution in [-0.2, 0) is 14.8 Å². The lowest BCUT2D eigenvalue weighted by Crippen LogP contribution is -2.52. The highest BCUT2D eigenvalue weighted by molar-refractivity contribution is 7.89. The molecule has 0 spiro atoms. The highest BCUT2D eigenvalue weighted by atomic mass is 32.2. The fraction of sp³-hybridized carbons (Fsp3) is 0.909. The lowest BCUT2D eigenvalue weighted by molar-refractivity contribution is -0.136. The van der Waals surface area contributed by atoms with E-state index in [2.05, 4.69) is 0 Å². The van der Waals surface area contributed by atoms with E-state index in [-0.39, 0.29) is 12.2 Å². The van der Waals surface area contributed by atoms with Crippen LogP contribution in [0.4, 0.5) is 0 Å². The van der Waals surface area contributed by atoms with Gasteiger partial charge in [0.1, 0.15) is 0 Å². The van der Waals surface area contributed by atoms with Gasteiger partial charge in [-0.15, -0.1) is 0 Å². The minimum absolute atomic E-state index is 0.345. The molecule has 0 amide bonds. The quantitative estimate of drug-likeness (QED) is 0.664. The summed E-state index contributed by atoms with van der Waals surface area (Å²) in [5, 5.41) is 18.2. The maximum atomic E-state index is 11.9. The van der Waals surface area contributed by atoms with Crippen LogP contribution in [0.3, 0.4) is 0 Å². The minimum atomic E-state index is -3.48. The Balaban J connectivity index is 2.47. The number of carboxylic acids is 1. The van der Waals surface area contributed by atoms with Gasteiger partial charge in [-0.25, -0.2) is 8.42 Å². The van der Waals surface area contributed by atoms with Crippen molar-refractivity contribution < 1.29 is 23.4 Å². The topological polar surface area (TPSA) is 98.2 Å². The maximum absolute atomic E-state index is 11.9. The van der Waals surface area contributed by atoms with Gasteiger partial charge in [-0.1, -0.05) is 0 Å². The molecule has 0 aromatic heterocycles. The van der Waals surface area contributed by atoms with Gasteiger partial charge in [-0.2, -0.15) is 4.31 Å². The van der Waals surface area contributed by atoms with E-state index in [1.807, 2.05) is 4.90 Å². The molecule has 1 heterocycles. The first-order chi connectivity index (χ1) is 8.60. The standard InChI is InChI=1S/C11H22N2O5S/c1-11(2,16)9-12-4-6-13(7-5-12)19(17,18)8-3-10(14)15/h16H,3-9H2,1-2H3,(H,14,15). The first-order valence-electron chi connectivity index (χ1n) is 6.24. The smallest absolute Gasteiger partial charge is 0.304 e. The average molecular weight is 294 g/mol. The third-order valence-electron chi connectivity index (χ3n) is 2.91. The van der Waals surface area contributed by atoms with E-state index in [9.17, 15) is 18.3 Å². The van der Waals surface area contributed by atoms with Crippen molar-refractivity contribution in [1.82, 2.24) is 9.21 Å². The molecule has 2 N–H and O–H groups in total.